The van der Waals surface area contributed by atoms with E-state index in [-0.39, 0.29) is 6.42 Å². The molecule has 0 saturated carbocycles. The van der Waals surface area contributed by atoms with Crippen LogP contribution in [0, 0.1) is 0 Å². The van der Waals surface area contributed by atoms with Gasteiger partial charge in [-0.1, -0.05) is 37.3 Å². The molecule has 0 unspecified atom stereocenters. The zero-order valence-corrected chi connectivity index (χ0v) is 14.1. The standard InChI is InChI=1S/C20H18F3NO2/c1-2-12-4-3-5-15-17(11-24-19(12)15)16(10-18(25)26)13-6-8-14(9-7-13)20(21,22)23/h3-9,11,16,24H,2,10H2,1H3,(H,25,26)/p-1/t16-/m0/s1. The van der Waals surface area contributed by atoms with Crippen LogP contribution in [0.25, 0.3) is 10.9 Å². The van der Waals surface area contributed by atoms with Gasteiger partial charge in [0.1, 0.15) is 0 Å². The lowest BCUT2D eigenvalue weighted by molar-refractivity contribution is -0.305. The normalized spacial score (nSPS) is 13.1. The Morgan fingerprint density at radius 1 is 1.15 bits per heavy atom. The molecule has 0 fully saturated rings. The quantitative estimate of drug-likeness (QED) is 0.747. The van der Waals surface area contributed by atoms with Gasteiger partial charge in [0.25, 0.3) is 0 Å². The van der Waals surface area contributed by atoms with E-state index in [1.165, 1.54) is 12.1 Å². The molecule has 0 aliphatic rings. The van der Waals surface area contributed by atoms with Crippen molar-refractivity contribution < 1.29 is 23.1 Å². The molecule has 0 spiro atoms. The minimum atomic E-state index is -4.43. The summed E-state index contributed by atoms with van der Waals surface area (Å²) in [7, 11) is 0. The smallest absolute Gasteiger partial charge is 0.416 e. The van der Waals surface area contributed by atoms with Crippen molar-refractivity contribution in [1.29, 1.82) is 0 Å². The van der Waals surface area contributed by atoms with Gasteiger partial charge in [-0.2, -0.15) is 13.2 Å². The number of alkyl halides is 3. The summed E-state index contributed by atoms with van der Waals surface area (Å²) in [5, 5.41) is 12.1. The largest absolute Gasteiger partial charge is 0.550 e. The first-order valence-electron chi connectivity index (χ1n) is 8.27. The Hall–Kier alpha value is -2.76. The third-order valence-corrected chi connectivity index (χ3v) is 4.60. The van der Waals surface area contributed by atoms with Crippen LogP contribution >= 0.6 is 0 Å². The second kappa shape index (κ2) is 6.86. The van der Waals surface area contributed by atoms with Gasteiger partial charge < -0.3 is 14.9 Å². The summed E-state index contributed by atoms with van der Waals surface area (Å²) in [6.07, 6.45) is -2.20. The Labute approximate surface area is 148 Å². The number of aryl methyl sites for hydroxylation is 1. The highest BCUT2D eigenvalue weighted by molar-refractivity contribution is 5.87. The molecule has 0 bridgehead atoms. The van der Waals surface area contributed by atoms with Crippen molar-refractivity contribution in [2.75, 3.05) is 0 Å². The zero-order valence-electron chi connectivity index (χ0n) is 14.1. The number of aromatic nitrogens is 1. The van der Waals surface area contributed by atoms with Crippen molar-refractivity contribution in [1.82, 2.24) is 4.98 Å². The highest BCUT2D eigenvalue weighted by atomic mass is 19.4. The Morgan fingerprint density at radius 2 is 1.85 bits per heavy atom. The first kappa shape index (κ1) is 18.0. The molecule has 1 heterocycles. The lowest BCUT2D eigenvalue weighted by atomic mass is 9.87. The molecule has 1 atom stereocenters. The number of carbonyl (C=O) groups is 1. The molecule has 0 radical (unpaired) electrons. The van der Waals surface area contributed by atoms with Gasteiger partial charge in [-0.25, -0.2) is 0 Å². The SMILES string of the molecule is CCc1cccc2c([C@@H](CC(=O)[O-])c3ccc(C(F)(F)F)cc3)c[nH]c12. The number of nitrogens with one attached hydrogen (secondary N) is 1. The molecule has 0 aliphatic heterocycles. The molecule has 3 nitrogen and oxygen atoms in total. The van der Waals surface area contributed by atoms with E-state index in [1.54, 1.807) is 6.20 Å². The summed E-state index contributed by atoms with van der Waals surface area (Å²) in [4.78, 5) is 14.4. The number of carboxylic acids is 1. The van der Waals surface area contributed by atoms with Crippen LogP contribution in [-0.4, -0.2) is 11.0 Å². The van der Waals surface area contributed by atoms with Crippen molar-refractivity contribution in [3.63, 3.8) is 0 Å². The van der Waals surface area contributed by atoms with Gasteiger partial charge in [-0.05, 0) is 41.7 Å². The third kappa shape index (κ3) is 3.45. The number of carboxylic acid groups (broad SMARTS) is 1. The number of benzene rings is 2. The molecule has 3 aromatic rings. The fourth-order valence-corrected chi connectivity index (χ4v) is 3.30. The number of aromatic amines is 1. The van der Waals surface area contributed by atoms with Gasteiger partial charge in [0.2, 0.25) is 0 Å². The lowest BCUT2D eigenvalue weighted by Gasteiger charge is -2.19. The summed E-state index contributed by atoms with van der Waals surface area (Å²) < 4.78 is 38.4. The molecule has 0 amide bonds. The van der Waals surface area contributed by atoms with E-state index in [1.807, 2.05) is 25.1 Å². The Kier molecular flexibility index (Phi) is 4.76. The number of aliphatic carboxylic acids is 1. The van der Waals surface area contributed by atoms with Crippen molar-refractivity contribution in [2.24, 2.45) is 0 Å². The molecule has 2 aromatic carbocycles. The van der Waals surface area contributed by atoms with Crippen molar-refractivity contribution in [3.05, 3.63) is 70.9 Å². The molecule has 3 rings (SSSR count). The van der Waals surface area contributed by atoms with E-state index in [0.717, 1.165) is 40.6 Å². The maximum Gasteiger partial charge on any atom is 0.416 e. The maximum absolute atomic E-state index is 12.8. The van der Waals surface area contributed by atoms with E-state index in [9.17, 15) is 23.1 Å². The number of halogens is 3. The molecule has 26 heavy (non-hydrogen) atoms. The second-order valence-corrected chi connectivity index (χ2v) is 6.19. The van der Waals surface area contributed by atoms with Gasteiger partial charge in [-0.3, -0.25) is 0 Å². The summed E-state index contributed by atoms with van der Waals surface area (Å²) in [6.45, 7) is 2.02. The molecule has 6 heteroatoms. The minimum Gasteiger partial charge on any atom is -0.550 e. The number of fused-ring (bicyclic) bond motifs is 1. The minimum absolute atomic E-state index is 0.311. The van der Waals surface area contributed by atoms with Gasteiger partial charge in [0, 0.05) is 29.0 Å². The van der Waals surface area contributed by atoms with Crippen LogP contribution in [0.3, 0.4) is 0 Å². The first-order valence-corrected chi connectivity index (χ1v) is 8.27. The Morgan fingerprint density at radius 3 is 2.42 bits per heavy atom. The van der Waals surface area contributed by atoms with Crippen molar-refractivity contribution >= 4 is 16.9 Å². The highest BCUT2D eigenvalue weighted by Gasteiger charge is 2.30. The predicted molar refractivity (Wildman–Crippen MR) is 90.6 cm³/mol. The Balaban J connectivity index is 2.08. The molecule has 0 aliphatic carbocycles. The zero-order chi connectivity index (χ0) is 18.9. The van der Waals surface area contributed by atoms with Crippen LogP contribution in [0.2, 0.25) is 0 Å². The van der Waals surface area contributed by atoms with Gasteiger partial charge in [0.05, 0.1) is 5.56 Å². The molecule has 0 saturated heterocycles. The first-order chi connectivity index (χ1) is 12.3. The van der Waals surface area contributed by atoms with Gasteiger partial charge in [-0.15, -0.1) is 0 Å². The number of hydrogen-bond donors (Lipinski definition) is 1. The average molecular weight is 360 g/mol. The van der Waals surface area contributed by atoms with Crippen LogP contribution < -0.4 is 5.11 Å². The van der Waals surface area contributed by atoms with Gasteiger partial charge >= 0.3 is 6.18 Å². The highest BCUT2D eigenvalue weighted by Crippen LogP contribution is 2.36. The predicted octanol–water partition coefficient (Wildman–Crippen LogP) is 4.02. The number of H-pyrrole nitrogens is 1. The van der Waals surface area contributed by atoms with E-state index >= 15 is 0 Å². The fraction of sp³-hybridized carbons (Fsp3) is 0.250. The monoisotopic (exact) mass is 360 g/mol. The molecular weight excluding hydrogens is 343 g/mol. The van der Waals surface area contributed by atoms with Crippen LogP contribution in [-0.2, 0) is 17.4 Å². The topological polar surface area (TPSA) is 55.9 Å². The second-order valence-electron chi connectivity index (χ2n) is 6.19. The molecule has 136 valence electrons. The lowest BCUT2D eigenvalue weighted by Crippen LogP contribution is -2.25. The summed E-state index contributed by atoms with van der Waals surface area (Å²) in [6, 6.07) is 10.4. The van der Waals surface area contributed by atoms with Crippen LogP contribution in [0.5, 0.6) is 0 Å². The maximum atomic E-state index is 12.8. The van der Waals surface area contributed by atoms with E-state index in [4.69, 9.17) is 0 Å². The third-order valence-electron chi connectivity index (χ3n) is 4.60. The summed E-state index contributed by atoms with van der Waals surface area (Å²) in [5.41, 5.74) is 2.48. The van der Waals surface area contributed by atoms with Crippen molar-refractivity contribution in [2.45, 2.75) is 31.9 Å². The summed E-state index contributed by atoms with van der Waals surface area (Å²) in [5.74, 6) is -1.85. The van der Waals surface area contributed by atoms with Crippen LogP contribution in [0.1, 0.15) is 41.5 Å². The number of para-hydroxylation sites is 1. The van der Waals surface area contributed by atoms with Crippen LogP contribution in [0.4, 0.5) is 13.2 Å². The summed E-state index contributed by atoms with van der Waals surface area (Å²) >= 11 is 0. The average Bonchev–Trinajstić information content (AvgIpc) is 3.03. The number of rotatable bonds is 5. The molecule has 1 N–H and O–H groups in total. The Bertz CT molecular complexity index is 926. The number of hydrogen-bond acceptors (Lipinski definition) is 2. The van der Waals surface area contributed by atoms with E-state index < -0.39 is 23.6 Å². The molecule has 1 aromatic heterocycles. The van der Waals surface area contributed by atoms with Crippen LogP contribution in [0.15, 0.2) is 48.7 Å². The number of carbonyl (C=O) groups excluding carboxylic acids is 1. The molecular formula is C20H17F3NO2-. The van der Waals surface area contributed by atoms with E-state index in [2.05, 4.69) is 4.98 Å². The fourth-order valence-electron chi connectivity index (χ4n) is 3.30. The van der Waals surface area contributed by atoms with E-state index in [0.29, 0.717) is 5.56 Å². The van der Waals surface area contributed by atoms with Gasteiger partial charge in [0.15, 0.2) is 0 Å². The van der Waals surface area contributed by atoms with Crippen molar-refractivity contribution in [3.8, 4) is 0 Å².